The highest BCUT2D eigenvalue weighted by molar-refractivity contribution is 6.52. The van der Waals surface area contributed by atoms with E-state index in [1.807, 2.05) is 11.8 Å². The molecule has 0 spiro atoms. The van der Waals surface area contributed by atoms with Crippen LogP contribution in [-0.2, 0) is 0 Å². The van der Waals surface area contributed by atoms with Crippen molar-refractivity contribution in [3.05, 3.63) is 24.4 Å². The lowest BCUT2D eigenvalue weighted by Gasteiger charge is -1.91. The molecule has 0 aromatic carbocycles. The van der Waals surface area contributed by atoms with Crippen LogP contribution < -0.4 is 0 Å². The van der Waals surface area contributed by atoms with Crippen LogP contribution in [-0.4, -0.2) is 14.4 Å². The normalized spacial score (nSPS) is 11.0. The average molecular weight is 179 g/mol. The molecule has 50 valence electrons. The molecule has 0 atom stereocenters. The van der Waals surface area contributed by atoms with E-state index < -0.39 is 0 Å². The van der Waals surface area contributed by atoms with E-state index in [4.69, 9.17) is 23.2 Å². The van der Waals surface area contributed by atoms with Crippen LogP contribution in [0.5, 0.6) is 0 Å². The number of halogens is 2. The van der Waals surface area contributed by atoms with E-state index in [1.54, 1.807) is 6.08 Å². The lowest BCUT2D eigenvalue weighted by Crippen LogP contribution is -1.91. The van der Waals surface area contributed by atoms with Gasteiger partial charge in [0.05, 0.1) is 9.52 Å². The van der Waals surface area contributed by atoms with Gasteiger partial charge in [0, 0.05) is 0 Å². The second kappa shape index (κ2) is 6.40. The van der Waals surface area contributed by atoms with Crippen LogP contribution in [0, 0.1) is 0 Å². The van der Waals surface area contributed by atoms with Gasteiger partial charge in [0.2, 0.25) is 0 Å². The summed E-state index contributed by atoms with van der Waals surface area (Å²) in [5.41, 5.74) is 2.02. The summed E-state index contributed by atoms with van der Waals surface area (Å²) >= 11 is 10.9. The number of alkyl halides is 2. The molecule has 0 heterocycles. The summed E-state index contributed by atoms with van der Waals surface area (Å²) in [6, 6.07) is 0.841. The highest BCUT2D eigenvalue weighted by Crippen LogP contribution is 2.05. The Balaban J connectivity index is 3.08. The lowest BCUT2D eigenvalue weighted by molar-refractivity contribution is 1.36. The molecule has 0 nitrogen and oxygen atoms in total. The van der Waals surface area contributed by atoms with Crippen molar-refractivity contribution in [1.82, 2.24) is 0 Å². The minimum Gasteiger partial charge on any atom is -0.106 e. The summed E-state index contributed by atoms with van der Waals surface area (Å²) in [6.45, 7) is 3.53. The van der Waals surface area contributed by atoms with Crippen molar-refractivity contribution >= 4 is 32.7 Å². The van der Waals surface area contributed by atoms with Crippen molar-refractivity contribution in [3.63, 3.8) is 0 Å². The van der Waals surface area contributed by atoms with Crippen molar-refractivity contribution in [2.75, 3.05) is 0 Å². The van der Waals surface area contributed by atoms with Crippen LogP contribution in [0.15, 0.2) is 24.4 Å². The number of allylic oxidation sites excluding steroid dienone is 2. The van der Waals surface area contributed by atoms with Crippen LogP contribution in [0.3, 0.4) is 0 Å². The Morgan fingerprint density at radius 3 is 2.67 bits per heavy atom. The Bertz CT molecular complexity index is 99.2. The highest BCUT2D eigenvalue weighted by Gasteiger charge is 1.94. The van der Waals surface area contributed by atoms with E-state index in [2.05, 4.69) is 6.58 Å². The molecule has 0 saturated heterocycles. The Labute approximate surface area is 68.4 Å². The molecule has 0 fully saturated rings. The van der Waals surface area contributed by atoms with Gasteiger partial charge in [-0.1, -0.05) is 24.4 Å². The van der Waals surface area contributed by atoms with Crippen molar-refractivity contribution in [3.8, 4) is 0 Å². The van der Waals surface area contributed by atoms with Gasteiger partial charge in [0.1, 0.15) is 4.84 Å². The fourth-order valence-corrected chi connectivity index (χ4v) is 1.41. The van der Waals surface area contributed by atoms with E-state index in [1.165, 1.54) is 0 Å². The summed E-state index contributed by atoms with van der Waals surface area (Å²) in [4.78, 5) is -0.224. The Hall–Kier alpha value is 0.277. The Kier molecular flexibility index (Phi) is 6.59. The van der Waals surface area contributed by atoms with Crippen molar-refractivity contribution < 1.29 is 0 Å². The topological polar surface area (TPSA) is 0 Å². The summed E-state index contributed by atoms with van der Waals surface area (Å²) in [5, 5.41) is 0. The van der Waals surface area contributed by atoms with Crippen molar-refractivity contribution in [2.45, 2.75) is 10.9 Å². The summed E-state index contributed by atoms with van der Waals surface area (Å²) in [6.07, 6.45) is 3.64. The van der Waals surface area contributed by atoms with Crippen LogP contribution in [0.1, 0.15) is 0 Å². The van der Waals surface area contributed by atoms with Crippen molar-refractivity contribution in [2.24, 2.45) is 0 Å². The largest absolute Gasteiger partial charge is 0.106 e. The maximum absolute atomic E-state index is 5.47. The predicted octanol–water partition coefficient (Wildman–Crippen LogP) is 2.61. The standard InChI is InChI=1S/C6H8Cl2Si/c1-2-3-4-9-5-6(7)8/h2-4,6H,1,5H2. The fraction of sp³-hybridized carbons (Fsp3) is 0.333. The first-order valence-electron chi connectivity index (χ1n) is 2.56. The third-order valence-electron chi connectivity index (χ3n) is 0.622. The van der Waals surface area contributed by atoms with E-state index in [0.717, 1.165) is 6.04 Å². The molecule has 0 unspecified atom stereocenters. The number of rotatable bonds is 4. The smallest absolute Gasteiger partial charge is 0.105 e. The molecule has 0 aromatic heterocycles. The molecule has 0 aromatic rings. The summed E-state index contributed by atoms with van der Waals surface area (Å²) in [7, 11) is 0.704. The van der Waals surface area contributed by atoms with Gasteiger partial charge in [0.15, 0.2) is 0 Å². The monoisotopic (exact) mass is 178 g/mol. The molecule has 0 aliphatic carbocycles. The zero-order chi connectivity index (χ0) is 7.11. The number of hydrogen-bond acceptors (Lipinski definition) is 0. The molecule has 0 aliphatic rings. The van der Waals surface area contributed by atoms with Crippen LogP contribution in [0.2, 0.25) is 6.04 Å². The third-order valence-corrected chi connectivity index (χ3v) is 2.52. The first-order valence-corrected chi connectivity index (χ1v) is 4.72. The predicted molar refractivity (Wildman–Crippen MR) is 45.4 cm³/mol. The molecule has 0 aliphatic heterocycles. The summed E-state index contributed by atoms with van der Waals surface area (Å²) < 4.78 is 0. The minimum atomic E-state index is -0.224. The SMILES string of the molecule is C=CC=C[Si]CC(Cl)Cl. The van der Waals surface area contributed by atoms with Crippen LogP contribution >= 0.6 is 23.2 Å². The minimum absolute atomic E-state index is 0.224. The van der Waals surface area contributed by atoms with E-state index in [9.17, 15) is 0 Å². The maximum atomic E-state index is 5.47. The van der Waals surface area contributed by atoms with Gasteiger partial charge in [-0.15, -0.1) is 23.2 Å². The maximum Gasteiger partial charge on any atom is 0.105 e. The second-order valence-corrected chi connectivity index (χ2v) is 3.82. The molecular weight excluding hydrogens is 171 g/mol. The first-order chi connectivity index (χ1) is 4.27. The lowest BCUT2D eigenvalue weighted by atomic mass is 10.6. The molecular formula is C6H8Cl2Si. The molecule has 9 heavy (non-hydrogen) atoms. The number of hydrogen-bond donors (Lipinski definition) is 0. The average Bonchev–Trinajstić information content (AvgIpc) is 1.80. The fourth-order valence-electron chi connectivity index (χ4n) is 0.293. The molecule has 0 bridgehead atoms. The zero-order valence-corrected chi connectivity index (χ0v) is 7.49. The Morgan fingerprint density at radius 1 is 1.56 bits per heavy atom. The van der Waals surface area contributed by atoms with E-state index >= 15 is 0 Å². The van der Waals surface area contributed by atoms with Crippen LogP contribution in [0.4, 0.5) is 0 Å². The highest BCUT2D eigenvalue weighted by atomic mass is 35.5. The Morgan fingerprint density at radius 2 is 2.22 bits per heavy atom. The van der Waals surface area contributed by atoms with Gasteiger partial charge in [-0.2, -0.15) is 0 Å². The molecule has 0 saturated carbocycles. The van der Waals surface area contributed by atoms with Gasteiger partial charge in [0.25, 0.3) is 0 Å². The molecule has 0 amide bonds. The van der Waals surface area contributed by atoms with Crippen molar-refractivity contribution in [1.29, 1.82) is 0 Å². The molecule has 0 N–H and O–H groups in total. The first kappa shape index (κ1) is 9.28. The zero-order valence-electron chi connectivity index (χ0n) is 4.98. The van der Waals surface area contributed by atoms with Gasteiger partial charge in [-0.05, 0) is 6.04 Å². The van der Waals surface area contributed by atoms with Gasteiger partial charge in [-0.3, -0.25) is 0 Å². The second-order valence-electron chi connectivity index (χ2n) is 1.39. The van der Waals surface area contributed by atoms with Gasteiger partial charge < -0.3 is 0 Å². The molecule has 0 rings (SSSR count). The van der Waals surface area contributed by atoms with E-state index in [0.29, 0.717) is 9.52 Å². The third kappa shape index (κ3) is 8.28. The quantitative estimate of drug-likeness (QED) is 0.353. The van der Waals surface area contributed by atoms with Crippen LogP contribution in [0.25, 0.3) is 0 Å². The van der Waals surface area contributed by atoms with Gasteiger partial charge in [-0.25, -0.2) is 0 Å². The molecule has 2 radical (unpaired) electrons. The molecule has 3 heteroatoms. The van der Waals surface area contributed by atoms with Gasteiger partial charge >= 0.3 is 0 Å². The summed E-state index contributed by atoms with van der Waals surface area (Å²) in [5.74, 6) is 0. The van der Waals surface area contributed by atoms with E-state index in [-0.39, 0.29) is 4.84 Å².